The van der Waals surface area contributed by atoms with Crippen molar-refractivity contribution in [2.75, 3.05) is 5.32 Å². The number of hydrogen-bond acceptors (Lipinski definition) is 5. The number of aryl methyl sites for hydroxylation is 1. The van der Waals surface area contributed by atoms with Gasteiger partial charge in [0.1, 0.15) is 11.1 Å². The summed E-state index contributed by atoms with van der Waals surface area (Å²) < 4.78 is 6.00. The highest BCUT2D eigenvalue weighted by Gasteiger charge is 2.15. The zero-order valence-corrected chi connectivity index (χ0v) is 13.2. The number of fused-ring (bicyclic) bond motifs is 1. The highest BCUT2D eigenvalue weighted by atomic mass is 79.9. The minimum Gasteiger partial charge on any atom is -0.422 e. The Balaban J connectivity index is 2.00. The SMILES string of the molecule is Cc1cnc(NC(=O)c2cc3cc(Br)ccc3oc2=O)s1. The zero-order valence-electron chi connectivity index (χ0n) is 10.8. The summed E-state index contributed by atoms with van der Waals surface area (Å²) in [5.41, 5.74) is -0.283. The van der Waals surface area contributed by atoms with Gasteiger partial charge in [-0.1, -0.05) is 15.9 Å². The average Bonchev–Trinajstić information content (AvgIpc) is 2.83. The predicted molar refractivity (Wildman–Crippen MR) is 85.0 cm³/mol. The molecule has 2 aromatic heterocycles. The summed E-state index contributed by atoms with van der Waals surface area (Å²) in [6.07, 6.45) is 1.65. The first-order valence-corrected chi connectivity index (χ1v) is 7.61. The van der Waals surface area contributed by atoms with Crippen LogP contribution >= 0.6 is 27.3 Å². The van der Waals surface area contributed by atoms with Crippen molar-refractivity contribution in [3.63, 3.8) is 0 Å². The van der Waals surface area contributed by atoms with Crippen molar-refractivity contribution < 1.29 is 9.21 Å². The van der Waals surface area contributed by atoms with Crippen molar-refractivity contribution >= 4 is 49.3 Å². The maximum Gasteiger partial charge on any atom is 0.349 e. The van der Waals surface area contributed by atoms with E-state index in [1.54, 1.807) is 24.4 Å². The number of nitrogens with zero attached hydrogens (tertiary/aromatic N) is 1. The molecule has 0 fully saturated rings. The Labute approximate surface area is 131 Å². The van der Waals surface area contributed by atoms with Crippen molar-refractivity contribution in [1.82, 2.24) is 4.98 Å². The molecular formula is C14H9BrN2O3S. The molecule has 1 aromatic carbocycles. The van der Waals surface area contributed by atoms with Gasteiger partial charge in [-0.2, -0.15) is 0 Å². The summed E-state index contributed by atoms with van der Waals surface area (Å²) in [4.78, 5) is 29.1. The Bertz CT molecular complexity index is 901. The first kappa shape index (κ1) is 14.0. The van der Waals surface area contributed by atoms with Crippen LogP contribution in [-0.2, 0) is 0 Å². The third-order valence-electron chi connectivity index (χ3n) is 2.78. The smallest absolute Gasteiger partial charge is 0.349 e. The summed E-state index contributed by atoms with van der Waals surface area (Å²) >= 11 is 4.68. The standard InChI is InChI=1S/C14H9BrN2O3S/c1-7-6-16-14(21-7)17-12(18)10-5-8-4-9(15)2-3-11(8)20-13(10)19/h2-6H,1H3,(H,16,17,18). The number of carbonyl (C=O) groups excluding carboxylic acids is 1. The number of carbonyl (C=O) groups is 1. The van der Waals surface area contributed by atoms with Gasteiger partial charge in [-0.3, -0.25) is 10.1 Å². The fourth-order valence-corrected chi connectivity index (χ4v) is 2.87. The number of benzene rings is 1. The summed E-state index contributed by atoms with van der Waals surface area (Å²) in [5, 5.41) is 3.72. The number of halogens is 1. The average molecular weight is 365 g/mol. The van der Waals surface area contributed by atoms with Crippen LogP contribution in [0.25, 0.3) is 11.0 Å². The molecule has 21 heavy (non-hydrogen) atoms. The quantitative estimate of drug-likeness (QED) is 0.705. The van der Waals surface area contributed by atoms with Crippen LogP contribution in [0.4, 0.5) is 5.13 Å². The molecule has 0 saturated heterocycles. The first-order valence-electron chi connectivity index (χ1n) is 6.00. The number of aromatic nitrogens is 1. The monoisotopic (exact) mass is 364 g/mol. The maximum absolute atomic E-state index is 12.2. The largest absolute Gasteiger partial charge is 0.422 e. The van der Waals surface area contributed by atoms with E-state index in [2.05, 4.69) is 26.2 Å². The Morgan fingerprint density at radius 2 is 2.19 bits per heavy atom. The normalized spacial score (nSPS) is 10.8. The van der Waals surface area contributed by atoms with Crippen LogP contribution in [0.2, 0.25) is 0 Å². The van der Waals surface area contributed by atoms with Crippen molar-refractivity contribution in [2.24, 2.45) is 0 Å². The van der Waals surface area contributed by atoms with E-state index in [9.17, 15) is 9.59 Å². The lowest BCUT2D eigenvalue weighted by Crippen LogP contribution is -2.20. The van der Waals surface area contributed by atoms with Gasteiger partial charge in [0.15, 0.2) is 5.13 Å². The van der Waals surface area contributed by atoms with Gasteiger partial charge in [0.05, 0.1) is 0 Å². The fourth-order valence-electron chi connectivity index (χ4n) is 1.83. The molecule has 0 saturated carbocycles. The second kappa shape index (κ2) is 5.42. The molecule has 0 aliphatic rings. The zero-order chi connectivity index (χ0) is 15.0. The van der Waals surface area contributed by atoms with Gasteiger partial charge in [-0.15, -0.1) is 11.3 Å². The molecule has 0 radical (unpaired) electrons. The maximum atomic E-state index is 12.2. The molecule has 3 rings (SSSR count). The minimum absolute atomic E-state index is 0.0477. The van der Waals surface area contributed by atoms with E-state index in [0.717, 1.165) is 9.35 Å². The van der Waals surface area contributed by atoms with Crippen LogP contribution < -0.4 is 10.9 Å². The summed E-state index contributed by atoms with van der Waals surface area (Å²) in [6, 6.07) is 6.74. The molecule has 1 N–H and O–H groups in total. The minimum atomic E-state index is -0.671. The molecule has 106 valence electrons. The molecule has 0 atom stereocenters. The van der Waals surface area contributed by atoms with Gasteiger partial charge in [-0.05, 0) is 31.2 Å². The van der Waals surface area contributed by atoms with Crippen LogP contribution in [0.5, 0.6) is 0 Å². The Kier molecular flexibility index (Phi) is 3.60. The lowest BCUT2D eigenvalue weighted by Gasteiger charge is -2.02. The van der Waals surface area contributed by atoms with Crippen LogP contribution in [0, 0.1) is 6.92 Å². The molecule has 0 unspecified atom stereocenters. The molecule has 3 aromatic rings. The van der Waals surface area contributed by atoms with Gasteiger partial charge in [0, 0.05) is 20.9 Å². The van der Waals surface area contributed by atoms with E-state index in [1.807, 2.05) is 6.92 Å². The van der Waals surface area contributed by atoms with Crippen LogP contribution in [0.1, 0.15) is 15.2 Å². The number of rotatable bonds is 2. The van der Waals surface area contributed by atoms with Gasteiger partial charge in [0.25, 0.3) is 5.91 Å². The molecule has 0 aliphatic carbocycles. The summed E-state index contributed by atoms with van der Waals surface area (Å²) in [7, 11) is 0. The highest BCUT2D eigenvalue weighted by Crippen LogP contribution is 2.20. The third kappa shape index (κ3) is 2.88. The van der Waals surface area contributed by atoms with Gasteiger partial charge in [-0.25, -0.2) is 9.78 Å². The first-order chi connectivity index (χ1) is 10.0. The van der Waals surface area contributed by atoms with Crippen molar-refractivity contribution in [2.45, 2.75) is 6.92 Å². The van der Waals surface area contributed by atoms with Crippen molar-refractivity contribution in [1.29, 1.82) is 0 Å². The molecule has 0 spiro atoms. The fraction of sp³-hybridized carbons (Fsp3) is 0.0714. The van der Waals surface area contributed by atoms with E-state index in [0.29, 0.717) is 16.1 Å². The molecule has 7 heteroatoms. The van der Waals surface area contributed by atoms with E-state index in [1.165, 1.54) is 17.4 Å². The van der Waals surface area contributed by atoms with Crippen molar-refractivity contribution in [3.05, 3.63) is 55.8 Å². The molecule has 1 amide bonds. The number of amides is 1. The topological polar surface area (TPSA) is 72.2 Å². The van der Waals surface area contributed by atoms with E-state index in [-0.39, 0.29) is 5.56 Å². The lowest BCUT2D eigenvalue weighted by atomic mass is 10.2. The molecule has 0 bridgehead atoms. The molecule has 2 heterocycles. The molecule has 0 aliphatic heterocycles. The predicted octanol–water partition coefficient (Wildman–Crippen LogP) is 3.57. The Hall–Kier alpha value is -1.99. The number of hydrogen-bond donors (Lipinski definition) is 1. The second-order valence-electron chi connectivity index (χ2n) is 4.36. The second-order valence-corrected chi connectivity index (χ2v) is 6.51. The van der Waals surface area contributed by atoms with E-state index >= 15 is 0 Å². The number of thiazole rings is 1. The lowest BCUT2D eigenvalue weighted by molar-refractivity contribution is 0.102. The third-order valence-corrected chi connectivity index (χ3v) is 4.10. The van der Waals surface area contributed by atoms with Gasteiger partial charge in [0.2, 0.25) is 0 Å². The van der Waals surface area contributed by atoms with E-state index in [4.69, 9.17) is 4.42 Å². The van der Waals surface area contributed by atoms with Crippen LogP contribution in [0.15, 0.2) is 44.1 Å². The number of anilines is 1. The molecular weight excluding hydrogens is 356 g/mol. The highest BCUT2D eigenvalue weighted by molar-refractivity contribution is 9.10. The van der Waals surface area contributed by atoms with Crippen LogP contribution in [-0.4, -0.2) is 10.9 Å². The number of nitrogens with one attached hydrogen (secondary N) is 1. The Morgan fingerprint density at radius 1 is 1.38 bits per heavy atom. The molecule has 5 nitrogen and oxygen atoms in total. The van der Waals surface area contributed by atoms with Crippen LogP contribution in [0.3, 0.4) is 0 Å². The summed E-state index contributed by atoms with van der Waals surface area (Å²) in [6.45, 7) is 1.88. The summed E-state index contributed by atoms with van der Waals surface area (Å²) in [5.74, 6) is -0.528. The Morgan fingerprint density at radius 3 is 2.90 bits per heavy atom. The van der Waals surface area contributed by atoms with Gasteiger partial charge >= 0.3 is 5.63 Å². The van der Waals surface area contributed by atoms with Crippen molar-refractivity contribution in [3.8, 4) is 0 Å². The van der Waals surface area contributed by atoms with Gasteiger partial charge < -0.3 is 4.42 Å². The van der Waals surface area contributed by atoms with E-state index < -0.39 is 11.5 Å².